The maximum atomic E-state index is 13.0. The molecule has 2 aromatic carbocycles. The Balaban J connectivity index is 1.87. The lowest BCUT2D eigenvalue weighted by Gasteiger charge is -2.18. The molecule has 9 heteroatoms. The summed E-state index contributed by atoms with van der Waals surface area (Å²) < 4.78 is 34.4. The van der Waals surface area contributed by atoms with Crippen molar-refractivity contribution in [3.05, 3.63) is 54.1 Å². The van der Waals surface area contributed by atoms with Crippen molar-refractivity contribution in [3.8, 4) is 0 Å². The highest BCUT2D eigenvalue weighted by Gasteiger charge is 2.23. The van der Waals surface area contributed by atoms with Crippen molar-refractivity contribution in [1.82, 2.24) is 13.9 Å². The van der Waals surface area contributed by atoms with Crippen molar-refractivity contribution in [2.24, 2.45) is 0 Å². The van der Waals surface area contributed by atoms with Gasteiger partial charge in [0.15, 0.2) is 0 Å². The summed E-state index contributed by atoms with van der Waals surface area (Å²) in [7, 11) is -3.66. The molecular weight excluding hydrogens is 428 g/mol. The van der Waals surface area contributed by atoms with Crippen molar-refractivity contribution in [2.75, 3.05) is 31.6 Å². The zero-order chi connectivity index (χ0) is 23.1. The molecule has 0 aliphatic carbocycles. The highest BCUT2D eigenvalue weighted by atomic mass is 32.2. The molecule has 0 atom stereocenters. The zero-order valence-electron chi connectivity index (χ0n) is 18.7. The minimum Gasteiger partial charge on any atom is -0.382 e. The predicted octanol–water partition coefficient (Wildman–Crippen LogP) is 3.75. The average Bonchev–Trinajstić information content (AvgIpc) is 3.14. The first-order valence-electron chi connectivity index (χ1n) is 10.9. The molecule has 3 aromatic rings. The van der Waals surface area contributed by atoms with Crippen molar-refractivity contribution < 1.29 is 17.9 Å². The van der Waals surface area contributed by atoms with Crippen LogP contribution in [0.4, 0.5) is 5.95 Å². The number of fused-ring (bicyclic) bond motifs is 1. The first-order chi connectivity index (χ1) is 15.4. The van der Waals surface area contributed by atoms with Crippen LogP contribution < -0.4 is 5.32 Å². The van der Waals surface area contributed by atoms with E-state index in [-0.39, 0.29) is 10.5 Å². The topological polar surface area (TPSA) is 93.5 Å². The summed E-state index contributed by atoms with van der Waals surface area (Å²) in [5.74, 6) is 0.00710. The number of nitrogens with zero attached hydrogens (tertiary/aromatic N) is 3. The number of para-hydroxylation sites is 2. The van der Waals surface area contributed by atoms with E-state index in [4.69, 9.17) is 4.74 Å². The van der Waals surface area contributed by atoms with Gasteiger partial charge in [-0.3, -0.25) is 10.1 Å². The first-order valence-corrected chi connectivity index (χ1v) is 12.3. The summed E-state index contributed by atoms with van der Waals surface area (Å²) >= 11 is 0. The second kappa shape index (κ2) is 10.7. The molecule has 0 spiro atoms. The van der Waals surface area contributed by atoms with Crippen molar-refractivity contribution in [3.63, 3.8) is 0 Å². The van der Waals surface area contributed by atoms with Gasteiger partial charge in [0.2, 0.25) is 16.0 Å². The summed E-state index contributed by atoms with van der Waals surface area (Å²) in [5.41, 5.74) is 1.94. The Labute approximate surface area is 189 Å². The number of carbonyl (C=O) groups excluding carboxylic acids is 1. The minimum absolute atomic E-state index is 0.0964. The van der Waals surface area contributed by atoms with Gasteiger partial charge in [0.1, 0.15) is 0 Å². The van der Waals surface area contributed by atoms with Gasteiger partial charge in [0.25, 0.3) is 5.91 Å². The number of anilines is 1. The normalized spacial score (nSPS) is 11.9. The Kier molecular flexibility index (Phi) is 8.00. The molecule has 1 aromatic heterocycles. The van der Waals surface area contributed by atoms with E-state index in [1.54, 1.807) is 26.0 Å². The van der Waals surface area contributed by atoms with Gasteiger partial charge in [-0.25, -0.2) is 13.4 Å². The Bertz CT molecular complexity index is 1170. The largest absolute Gasteiger partial charge is 0.382 e. The molecular formula is C23H30N4O4S. The molecule has 0 aliphatic rings. The molecule has 0 radical (unpaired) electrons. The third-order valence-electron chi connectivity index (χ3n) is 5.19. The number of amides is 1. The van der Waals surface area contributed by atoms with Crippen LogP contribution in [0.3, 0.4) is 0 Å². The van der Waals surface area contributed by atoms with E-state index in [9.17, 15) is 13.2 Å². The SMILES string of the molecule is CCOCCCn1c(NC(=O)c2cccc(S(=O)(=O)N(CC)CC)c2)nc2ccccc21. The molecule has 3 rings (SSSR count). The van der Waals surface area contributed by atoms with Gasteiger partial charge in [-0.15, -0.1) is 0 Å². The van der Waals surface area contributed by atoms with E-state index in [0.29, 0.717) is 38.8 Å². The number of rotatable bonds is 11. The van der Waals surface area contributed by atoms with Gasteiger partial charge in [-0.1, -0.05) is 32.0 Å². The number of aryl methyl sites for hydroxylation is 1. The number of benzene rings is 2. The fourth-order valence-electron chi connectivity index (χ4n) is 3.55. The maximum absolute atomic E-state index is 13.0. The number of aromatic nitrogens is 2. The number of carbonyl (C=O) groups is 1. The molecule has 0 bridgehead atoms. The maximum Gasteiger partial charge on any atom is 0.258 e. The second-order valence-corrected chi connectivity index (χ2v) is 9.14. The molecule has 32 heavy (non-hydrogen) atoms. The van der Waals surface area contributed by atoms with Crippen molar-refractivity contribution >= 4 is 32.9 Å². The van der Waals surface area contributed by atoms with Crippen LogP contribution in [-0.2, 0) is 21.3 Å². The van der Waals surface area contributed by atoms with Crippen LogP contribution >= 0.6 is 0 Å². The summed E-state index contributed by atoms with van der Waals surface area (Å²) in [6.45, 7) is 8.14. The molecule has 172 valence electrons. The van der Waals surface area contributed by atoms with Crippen LogP contribution in [0.15, 0.2) is 53.4 Å². The highest BCUT2D eigenvalue weighted by Crippen LogP contribution is 2.22. The third kappa shape index (κ3) is 5.17. The molecule has 0 aliphatic heterocycles. The fraction of sp³-hybridized carbons (Fsp3) is 0.391. The number of hydrogen-bond donors (Lipinski definition) is 1. The van der Waals surface area contributed by atoms with Gasteiger partial charge in [-0.2, -0.15) is 4.31 Å². The van der Waals surface area contributed by atoms with E-state index < -0.39 is 15.9 Å². The fourth-order valence-corrected chi connectivity index (χ4v) is 5.05. The van der Waals surface area contributed by atoms with E-state index in [2.05, 4.69) is 10.3 Å². The molecule has 0 fully saturated rings. The lowest BCUT2D eigenvalue weighted by molar-refractivity contribution is 0.102. The Morgan fingerprint density at radius 1 is 1.09 bits per heavy atom. The smallest absolute Gasteiger partial charge is 0.258 e. The zero-order valence-corrected chi connectivity index (χ0v) is 19.6. The molecule has 1 amide bonds. The minimum atomic E-state index is -3.66. The lowest BCUT2D eigenvalue weighted by Crippen LogP contribution is -2.30. The molecule has 8 nitrogen and oxygen atoms in total. The molecule has 0 saturated heterocycles. The highest BCUT2D eigenvalue weighted by molar-refractivity contribution is 7.89. The van der Waals surface area contributed by atoms with Gasteiger partial charge in [0.05, 0.1) is 15.9 Å². The van der Waals surface area contributed by atoms with Crippen LogP contribution in [-0.4, -0.2) is 54.5 Å². The van der Waals surface area contributed by atoms with Crippen LogP contribution in [0.5, 0.6) is 0 Å². The average molecular weight is 459 g/mol. The Hall–Kier alpha value is -2.75. The number of imidazole rings is 1. The van der Waals surface area contributed by atoms with Gasteiger partial charge in [-0.05, 0) is 43.7 Å². The first kappa shape index (κ1) is 23.9. The quantitative estimate of drug-likeness (QED) is 0.442. The summed E-state index contributed by atoms with van der Waals surface area (Å²) in [6.07, 6.45) is 0.772. The van der Waals surface area contributed by atoms with Gasteiger partial charge in [0, 0.05) is 38.4 Å². The molecule has 0 saturated carbocycles. The number of ether oxygens (including phenoxy) is 1. The second-order valence-electron chi connectivity index (χ2n) is 7.20. The summed E-state index contributed by atoms with van der Waals surface area (Å²) in [5, 5.41) is 2.86. The van der Waals surface area contributed by atoms with Crippen LogP contribution in [0.1, 0.15) is 37.6 Å². The van der Waals surface area contributed by atoms with Crippen LogP contribution in [0.25, 0.3) is 11.0 Å². The van der Waals surface area contributed by atoms with E-state index in [1.165, 1.54) is 16.4 Å². The number of hydrogen-bond acceptors (Lipinski definition) is 5. The van der Waals surface area contributed by atoms with E-state index >= 15 is 0 Å². The molecule has 1 heterocycles. The van der Waals surface area contributed by atoms with E-state index in [0.717, 1.165) is 17.5 Å². The molecule has 0 unspecified atom stereocenters. The van der Waals surface area contributed by atoms with Gasteiger partial charge >= 0.3 is 0 Å². The van der Waals surface area contributed by atoms with Crippen molar-refractivity contribution in [2.45, 2.75) is 38.6 Å². The van der Waals surface area contributed by atoms with Crippen LogP contribution in [0, 0.1) is 0 Å². The van der Waals surface area contributed by atoms with Crippen molar-refractivity contribution in [1.29, 1.82) is 0 Å². The summed E-state index contributed by atoms with van der Waals surface area (Å²) in [4.78, 5) is 17.7. The van der Waals surface area contributed by atoms with Crippen LogP contribution in [0.2, 0.25) is 0 Å². The third-order valence-corrected chi connectivity index (χ3v) is 7.24. The standard InChI is InChI=1S/C23H30N4O4S/c1-4-26(5-2)32(29,30)19-12-9-11-18(17-19)22(28)25-23-24-20-13-7-8-14-21(20)27(23)15-10-16-31-6-3/h7-9,11-14,17H,4-6,10,15-16H2,1-3H3,(H,24,25,28). The Morgan fingerprint density at radius 2 is 1.84 bits per heavy atom. The summed E-state index contributed by atoms with van der Waals surface area (Å²) in [6, 6.07) is 13.8. The van der Waals surface area contributed by atoms with E-state index in [1.807, 2.05) is 35.8 Å². The molecule has 1 N–H and O–H groups in total. The Morgan fingerprint density at radius 3 is 2.56 bits per heavy atom. The lowest BCUT2D eigenvalue weighted by atomic mass is 10.2. The number of sulfonamides is 1. The monoisotopic (exact) mass is 458 g/mol. The van der Waals surface area contributed by atoms with Gasteiger partial charge < -0.3 is 9.30 Å². The number of nitrogens with one attached hydrogen (secondary N) is 1. The predicted molar refractivity (Wildman–Crippen MR) is 125 cm³/mol.